The molecule has 1 aromatic carbocycles. The lowest BCUT2D eigenvalue weighted by atomic mass is 9.92. The molecule has 0 unspecified atom stereocenters. The fourth-order valence-corrected chi connectivity index (χ4v) is 4.14. The van der Waals surface area contributed by atoms with Crippen LogP contribution in [0.3, 0.4) is 0 Å². The number of carbonyl (C=O) groups is 1. The highest BCUT2D eigenvalue weighted by Gasteiger charge is 2.15. The molecule has 0 radical (unpaired) electrons. The summed E-state index contributed by atoms with van der Waals surface area (Å²) in [7, 11) is 1.71. The van der Waals surface area contributed by atoms with Crippen molar-refractivity contribution in [2.45, 2.75) is 51.6 Å². The van der Waals surface area contributed by atoms with E-state index in [1.807, 2.05) is 13.8 Å². The molecule has 2 aromatic rings. The van der Waals surface area contributed by atoms with E-state index < -0.39 is 0 Å². The quantitative estimate of drug-likeness (QED) is 0.414. The van der Waals surface area contributed by atoms with Crippen molar-refractivity contribution >= 4 is 17.5 Å². The average molecular weight is 347 g/mol. The van der Waals surface area contributed by atoms with Gasteiger partial charge >= 0.3 is 0 Å². The van der Waals surface area contributed by atoms with Gasteiger partial charge in [-0.05, 0) is 56.4 Å². The summed E-state index contributed by atoms with van der Waals surface area (Å²) in [4.78, 5) is 11.9. The molecule has 0 aliphatic heterocycles. The molecule has 0 saturated carbocycles. The van der Waals surface area contributed by atoms with Crippen LogP contribution in [-0.4, -0.2) is 34.3 Å². The van der Waals surface area contributed by atoms with Crippen LogP contribution in [0, 0.1) is 20.8 Å². The van der Waals surface area contributed by atoms with Crippen LogP contribution >= 0.6 is 11.8 Å². The Labute approximate surface area is 147 Å². The molecule has 0 atom stereocenters. The van der Waals surface area contributed by atoms with Gasteiger partial charge in [0.15, 0.2) is 10.9 Å². The van der Waals surface area contributed by atoms with Crippen molar-refractivity contribution in [1.82, 2.24) is 14.8 Å². The number of benzene rings is 1. The average Bonchev–Trinajstić information content (AvgIpc) is 2.94. The van der Waals surface area contributed by atoms with Gasteiger partial charge < -0.3 is 9.30 Å². The molecule has 0 aliphatic rings. The first-order chi connectivity index (χ1) is 11.5. The summed E-state index contributed by atoms with van der Waals surface area (Å²) in [5, 5.41) is 9.13. The van der Waals surface area contributed by atoms with Gasteiger partial charge in [0.25, 0.3) is 0 Å². The zero-order valence-corrected chi connectivity index (χ0v) is 15.9. The number of ether oxygens (including phenoxy) is 1. The topological polar surface area (TPSA) is 57.0 Å². The Hall–Kier alpha value is -1.66. The highest BCUT2D eigenvalue weighted by molar-refractivity contribution is 7.98. The molecule has 0 saturated heterocycles. The number of Topliss-reactive ketones (excluding diaryl/α,β-unsaturated/α-hetero) is 1. The largest absolute Gasteiger partial charge is 0.385 e. The van der Waals surface area contributed by atoms with Gasteiger partial charge in [0.05, 0.1) is 0 Å². The summed E-state index contributed by atoms with van der Waals surface area (Å²) in [5.74, 6) is 0.903. The summed E-state index contributed by atoms with van der Waals surface area (Å²) in [6.45, 7) is 9.33. The van der Waals surface area contributed by atoms with Gasteiger partial charge in [-0.2, -0.15) is 0 Å². The zero-order valence-electron chi connectivity index (χ0n) is 15.0. The van der Waals surface area contributed by atoms with Crippen LogP contribution in [0.15, 0.2) is 17.6 Å². The van der Waals surface area contributed by atoms with Gasteiger partial charge in [0.2, 0.25) is 0 Å². The number of ketones is 1. The highest BCUT2D eigenvalue weighted by atomic mass is 32.2. The number of methoxy groups -OCH3 is 1. The van der Waals surface area contributed by atoms with Gasteiger partial charge in [0.1, 0.15) is 6.33 Å². The van der Waals surface area contributed by atoms with Crippen molar-refractivity contribution < 1.29 is 9.53 Å². The fourth-order valence-electron chi connectivity index (χ4n) is 3.02. The number of aromatic nitrogens is 3. The van der Waals surface area contributed by atoms with E-state index in [0.29, 0.717) is 0 Å². The first-order valence-corrected chi connectivity index (χ1v) is 9.04. The third kappa shape index (κ3) is 4.24. The molecule has 1 aromatic heterocycles. The maximum atomic E-state index is 11.9. The second-order valence-electron chi connectivity index (χ2n) is 5.99. The number of hydrogen-bond acceptors (Lipinski definition) is 5. The fraction of sp³-hybridized carbons (Fsp3) is 0.500. The van der Waals surface area contributed by atoms with E-state index in [2.05, 4.69) is 27.8 Å². The standard InChI is InChI=1S/C18H25N3O2S/c1-12-9-13(2)17(15(4)22)14(3)16(12)10-24-18-20-19-11-21(18)7-6-8-23-5/h9,11H,6-8,10H2,1-5H3. The molecule has 0 spiro atoms. The number of nitrogens with zero attached hydrogens (tertiary/aromatic N) is 3. The zero-order chi connectivity index (χ0) is 17.7. The molecule has 0 fully saturated rings. The summed E-state index contributed by atoms with van der Waals surface area (Å²) in [6.07, 6.45) is 2.69. The van der Waals surface area contributed by atoms with Crippen molar-refractivity contribution in [2.24, 2.45) is 0 Å². The molecule has 6 heteroatoms. The molecule has 0 amide bonds. The maximum absolute atomic E-state index is 11.9. The second kappa shape index (κ2) is 8.44. The van der Waals surface area contributed by atoms with E-state index >= 15 is 0 Å². The first kappa shape index (κ1) is 18.7. The molecule has 5 nitrogen and oxygen atoms in total. The summed E-state index contributed by atoms with van der Waals surface area (Å²) in [6, 6.07) is 2.10. The summed E-state index contributed by atoms with van der Waals surface area (Å²) >= 11 is 1.66. The Morgan fingerprint density at radius 2 is 2.04 bits per heavy atom. The van der Waals surface area contributed by atoms with Crippen molar-refractivity contribution in [3.8, 4) is 0 Å². The van der Waals surface area contributed by atoms with Gasteiger partial charge in [0, 0.05) is 31.6 Å². The lowest BCUT2D eigenvalue weighted by Crippen LogP contribution is -2.06. The third-order valence-electron chi connectivity index (χ3n) is 4.16. The molecular weight excluding hydrogens is 322 g/mol. The van der Waals surface area contributed by atoms with E-state index in [-0.39, 0.29) is 5.78 Å². The Balaban J connectivity index is 2.17. The van der Waals surface area contributed by atoms with Crippen LogP contribution in [0.4, 0.5) is 0 Å². The van der Waals surface area contributed by atoms with Gasteiger partial charge in [-0.25, -0.2) is 0 Å². The van der Waals surface area contributed by atoms with Crippen LogP contribution in [0.1, 0.15) is 46.0 Å². The molecule has 24 heavy (non-hydrogen) atoms. The Morgan fingerprint density at radius 3 is 2.71 bits per heavy atom. The van der Waals surface area contributed by atoms with E-state index in [1.165, 1.54) is 11.1 Å². The smallest absolute Gasteiger partial charge is 0.191 e. The first-order valence-electron chi connectivity index (χ1n) is 8.05. The van der Waals surface area contributed by atoms with E-state index in [0.717, 1.165) is 47.2 Å². The molecular formula is C18H25N3O2S. The minimum atomic E-state index is 0.124. The molecule has 0 aliphatic carbocycles. The normalized spacial score (nSPS) is 11.0. The Bertz CT molecular complexity index is 725. The Kier molecular flexibility index (Phi) is 6.57. The summed E-state index contributed by atoms with van der Waals surface area (Å²) in [5.41, 5.74) is 5.40. The van der Waals surface area contributed by atoms with Gasteiger partial charge in [-0.3, -0.25) is 4.79 Å². The number of carbonyl (C=O) groups excluding carboxylic acids is 1. The number of hydrogen-bond donors (Lipinski definition) is 0. The van der Waals surface area contributed by atoms with Crippen LogP contribution in [-0.2, 0) is 17.0 Å². The van der Waals surface area contributed by atoms with E-state index in [4.69, 9.17) is 4.74 Å². The second-order valence-corrected chi connectivity index (χ2v) is 6.93. The maximum Gasteiger partial charge on any atom is 0.191 e. The van der Waals surface area contributed by atoms with Crippen molar-refractivity contribution in [3.05, 3.63) is 40.2 Å². The van der Waals surface area contributed by atoms with Gasteiger partial charge in [-0.1, -0.05) is 17.8 Å². The van der Waals surface area contributed by atoms with E-state index in [1.54, 1.807) is 32.1 Å². The Morgan fingerprint density at radius 1 is 1.29 bits per heavy atom. The van der Waals surface area contributed by atoms with Crippen molar-refractivity contribution in [1.29, 1.82) is 0 Å². The van der Waals surface area contributed by atoms with Gasteiger partial charge in [-0.15, -0.1) is 10.2 Å². The van der Waals surface area contributed by atoms with Crippen LogP contribution in [0.5, 0.6) is 0 Å². The minimum Gasteiger partial charge on any atom is -0.385 e. The third-order valence-corrected chi connectivity index (χ3v) is 5.16. The molecule has 2 rings (SSSR count). The highest BCUT2D eigenvalue weighted by Crippen LogP contribution is 2.29. The van der Waals surface area contributed by atoms with Crippen LogP contribution in [0.2, 0.25) is 0 Å². The number of thioether (sulfide) groups is 1. The number of aryl methyl sites for hydroxylation is 3. The lowest BCUT2D eigenvalue weighted by molar-refractivity contribution is 0.101. The molecule has 0 N–H and O–H groups in total. The number of rotatable bonds is 8. The van der Waals surface area contributed by atoms with Crippen molar-refractivity contribution in [2.75, 3.05) is 13.7 Å². The minimum absolute atomic E-state index is 0.124. The van der Waals surface area contributed by atoms with Crippen LogP contribution < -0.4 is 0 Å². The predicted molar refractivity (Wildman–Crippen MR) is 96.7 cm³/mol. The summed E-state index contributed by atoms with van der Waals surface area (Å²) < 4.78 is 7.14. The molecule has 0 bridgehead atoms. The lowest BCUT2D eigenvalue weighted by Gasteiger charge is -2.15. The molecule has 1 heterocycles. The SMILES string of the molecule is COCCCn1cnnc1SCc1c(C)cc(C)c(C(C)=O)c1C. The molecule has 130 valence electrons. The monoisotopic (exact) mass is 347 g/mol. The predicted octanol–water partition coefficient (Wildman–Crippen LogP) is 3.73. The van der Waals surface area contributed by atoms with Crippen molar-refractivity contribution in [3.63, 3.8) is 0 Å². The van der Waals surface area contributed by atoms with E-state index in [9.17, 15) is 4.79 Å². The van der Waals surface area contributed by atoms with Crippen LogP contribution in [0.25, 0.3) is 0 Å².